The molecule has 1 aliphatic rings. The third-order valence-corrected chi connectivity index (χ3v) is 3.27. The van der Waals surface area contributed by atoms with Crippen LogP contribution in [-0.2, 0) is 4.79 Å². The predicted octanol–water partition coefficient (Wildman–Crippen LogP) is 1.30. The monoisotopic (exact) mass is 273 g/mol. The van der Waals surface area contributed by atoms with Crippen LogP contribution in [0, 0.1) is 6.92 Å². The molecule has 5 nitrogen and oxygen atoms in total. The predicted molar refractivity (Wildman–Crippen MR) is 78.7 cm³/mol. The first-order chi connectivity index (χ1) is 9.72. The zero-order valence-corrected chi connectivity index (χ0v) is 11.5. The zero-order valence-electron chi connectivity index (χ0n) is 11.5. The molecule has 1 fully saturated rings. The van der Waals surface area contributed by atoms with E-state index < -0.39 is 0 Å². The number of fused-ring (bicyclic) bond motifs is 1. The Kier molecular flexibility index (Phi) is 4.90. The number of hydrogen-bond acceptors (Lipinski definition) is 4. The lowest BCUT2D eigenvalue weighted by Crippen LogP contribution is -2.42. The van der Waals surface area contributed by atoms with Gasteiger partial charge in [-0.05, 0) is 24.6 Å². The molecule has 0 atom stereocenters. The first-order valence-electron chi connectivity index (χ1n) is 6.65. The Morgan fingerprint density at radius 3 is 2.65 bits per heavy atom. The number of aromatic hydroxyl groups is 1. The van der Waals surface area contributed by atoms with Gasteiger partial charge in [-0.2, -0.15) is 0 Å². The van der Waals surface area contributed by atoms with E-state index >= 15 is 0 Å². The molecule has 1 aromatic heterocycles. The van der Waals surface area contributed by atoms with Crippen LogP contribution in [0.25, 0.3) is 10.9 Å². The topological polar surface area (TPSA) is 65.5 Å². The fourth-order valence-electron chi connectivity index (χ4n) is 2.09. The van der Waals surface area contributed by atoms with Gasteiger partial charge in [-0.3, -0.25) is 9.78 Å². The Morgan fingerprint density at radius 2 is 2.05 bits per heavy atom. The maximum atomic E-state index is 10.1. The Labute approximate surface area is 118 Å². The summed E-state index contributed by atoms with van der Waals surface area (Å²) >= 11 is 0. The standard InChI is InChI=1S/C10H9NO.C5H10N2O/c1-7-4-5-9(12)10-8(7)3-2-6-11-10;8-5-7-3-1-6-2-4-7/h2-6,12H,1H3;5-6H,1-4H2. The summed E-state index contributed by atoms with van der Waals surface area (Å²) in [6.45, 7) is 5.62. The van der Waals surface area contributed by atoms with Gasteiger partial charge in [-0.25, -0.2) is 0 Å². The molecule has 0 unspecified atom stereocenters. The second kappa shape index (κ2) is 6.86. The van der Waals surface area contributed by atoms with E-state index in [2.05, 4.69) is 10.3 Å². The van der Waals surface area contributed by atoms with Crippen LogP contribution in [0.15, 0.2) is 30.5 Å². The van der Waals surface area contributed by atoms with Gasteiger partial charge in [0.15, 0.2) is 0 Å². The molecule has 0 aliphatic carbocycles. The van der Waals surface area contributed by atoms with Crippen LogP contribution in [0.4, 0.5) is 0 Å². The number of rotatable bonds is 1. The molecule has 1 aliphatic heterocycles. The average Bonchev–Trinajstić information content (AvgIpc) is 2.53. The summed E-state index contributed by atoms with van der Waals surface area (Å²) in [6.07, 6.45) is 2.59. The van der Waals surface area contributed by atoms with Crippen molar-refractivity contribution in [3.63, 3.8) is 0 Å². The quantitative estimate of drug-likeness (QED) is 0.769. The van der Waals surface area contributed by atoms with E-state index in [1.165, 1.54) is 0 Å². The lowest BCUT2D eigenvalue weighted by atomic mass is 10.1. The minimum atomic E-state index is 0.246. The summed E-state index contributed by atoms with van der Waals surface area (Å²) in [5, 5.41) is 13.6. The molecular formula is C15H19N3O2. The molecular weight excluding hydrogens is 254 g/mol. The summed E-state index contributed by atoms with van der Waals surface area (Å²) in [6, 6.07) is 7.39. The van der Waals surface area contributed by atoms with Crippen LogP contribution in [0.2, 0.25) is 0 Å². The Bertz CT molecular complexity index is 540. The van der Waals surface area contributed by atoms with Gasteiger partial charge >= 0.3 is 0 Å². The van der Waals surface area contributed by atoms with Crippen LogP contribution in [0.1, 0.15) is 5.56 Å². The molecule has 5 heteroatoms. The number of benzene rings is 1. The molecule has 2 heterocycles. The number of aromatic nitrogens is 1. The van der Waals surface area contributed by atoms with E-state index in [9.17, 15) is 9.90 Å². The van der Waals surface area contributed by atoms with Gasteiger partial charge in [-0.15, -0.1) is 0 Å². The summed E-state index contributed by atoms with van der Waals surface area (Å²) in [5.41, 5.74) is 1.81. The number of phenols is 1. The molecule has 1 amide bonds. The molecule has 0 radical (unpaired) electrons. The number of nitrogens with one attached hydrogen (secondary N) is 1. The number of hydrogen-bond donors (Lipinski definition) is 2. The Balaban J connectivity index is 0.000000160. The number of carbonyl (C=O) groups excluding carboxylic acids is 1. The van der Waals surface area contributed by atoms with Gasteiger partial charge < -0.3 is 15.3 Å². The highest BCUT2D eigenvalue weighted by Gasteiger charge is 2.04. The van der Waals surface area contributed by atoms with Gasteiger partial charge in [0.25, 0.3) is 0 Å². The number of amides is 1. The first kappa shape index (κ1) is 14.3. The van der Waals surface area contributed by atoms with E-state index in [1.54, 1.807) is 17.2 Å². The van der Waals surface area contributed by atoms with E-state index in [-0.39, 0.29) is 5.75 Å². The third kappa shape index (κ3) is 3.45. The second-order valence-corrected chi connectivity index (χ2v) is 4.69. The Hall–Kier alpha value is -2.14. The van der Waals surface area contributed by atoms with Gasteiger partial charge in [0, 0.05) is 37.8 Å². The van der Waals surface area contributed by atoms with Gasteiger partial charge in [-0.1, -0.05) is 12.1 Å². The molecule has 0 saturated carbocycles. The van der Waals surface area contributed by atoms with Gasteiger partial charge in [0.05, 0.1) is 0 Å². The van der Waals surface area contributed by atoms with Gasteiger partial charge in [0.2, 0.25) is 6.41 Å². The smallest absolute Gasteiger partial charge is 0.209 e. The van der Waals surface area contributed by atoms with Crippen LogP contribution in [0.5, 0.6) is 5.75 Å². The number of carbonyl (C=O) groups is 1. The molecule has 1 saturated heterocycles. The highest BCUT2D eigenvalue weighted by atomic mass is 16.3. The van der Waals surface area contributed by atoms with Crippen molar-refractivity contribution in [2.45, 2.75) is 6.92 Å². The summed E-state index contributed by atoms with van der Waals surface area (Å²) in [4.78, 5) is 15.9. The van der Waals surface area contributed by atoms with Crippen LogP contribution in [-0.4, -0.2) is 47.6 Å². The number of phenolic OH excluding ortho intramolecular Hbond substituents is 1. The zero-order chi connectivity index (χ0) is 14.4. The van der Waals surface area contributed by atoms with Crippen molar-refractivity contribution in [3.05, 3.63) is 36.0 Å². The molecule has 106 valence electrons. The third-order valence-electron chi connectivity index (χ3n) is 3.27. The molecule has 0 bridgehead atoms. The van der Waals surface area contributed by atoms with E-state index in [1.807, 2.05) is 25.1 Å². The molecule has 20 heavy (non-hydrogen) atoms. The summed E-state index contributed by atoms with van der Waals surface area (Å²) in [5.74, 6) is 0.246. The van der Waals surface area contributed by atoms with Crippen molar-refractivity contribution in [3.8, 4) is 5.75 Å². The Morgan fingerprint density at radius 1 is 1.30 bits per heavy atom. The fourth-order valence-corrected chi connectivity index (χ4v) is 2.09. The number of piperazine rings is 1. The maximum absolute atomic E-state index is 10.1. The molecule has 1 aromatic carbocycles. The van der Waals surface area contributed by atoms with Crippen LogP contribution >= 0.6 is 0 Å². The maximum Gasteiger partial charge on any atom is 0.209 e. The summed E-state index contributed by atoms with van der Waals surface area (Å²) in [7, 11) is 0. The lowest BCUT2D eigenvalue weighted by molar-refractivity contribution is -0.118. The first-order valence-corrected chi connectivity index (χ1v) is 6.65. The SMILES string of the molecule is Cc1ccc(O)c2ncccc12.O=CN1CCNCC1. The van der Waals surface area contributed by atoms with Crippen LogP contribution in [0.3, 0.4) is 0 Å². The highest BCUT2D eigenvalue weighted by Crippen LogP contribution is 2.24. The van der Waals surface area contributed by atoms with Crippen LogP contribution < -0.4 is 5.32 Å². The van der Waals surface area contributed by atoms with Crippen molar-refractivity contribution in [1.82, 2.24) is 15.2 Å². The molecule has 3 rings (SSSR count). The lowest BCUT2D eigenvalue weighted by Gasteiger charge is -2.22. The molecule has 0 spiro atoms. The summed E-state index contributed by atoms with van der Waals surface area (Å²) < 4.78 is 0. The van der Waals surface area contributed by atoms with Crippen molar-refractivity contribution < 1.29 is 9.90 Å². The van der Waals surface area contributed by atoms with E-state index in [4.69, 9.17) is 0 Å². The number of nitrogens with zero attached hydrogens (tertiary/aromatic N) is 2. The van der Waals surface area contributed by atoms with Crippen molar-refractivity contribution >= 4 is 17.3 Å². The highest BCUT2D eigenvalue weighted by molar-refractivity contribution is 5.86. The average molecular weight is 273 g/mol. The fraction of sp³-hybridized carbons (Fsp3) is 0.333. The van der Waals surface area contributed by atoms with Crippen molar-refractivity contribution in [2.75, 3.05) is 26.2 Å². The largest absolute Gasteiger partial charge is 0.506 e. The second-order valence-electron chi connectivity index (χ2n) is 4.69. The van der Waals surface area contributed by atoms with Gasteiger partial charge in [0.1, 0.15) is 11.3 Å². The number of pyridine rings is 1. The minimum absolute atomic E-state index is 0.246. The molecule has 2 aromatic rings. The molecule has 2 N–H and O–H groups in total. The van der Waals surface area contributed by atoms with E-state index in [0.717, 1.165) is 43.5 Å². The number of aryl methyl sites for hydroxylation is 1. The van der Waals surface area contributed by atoms with Crippen molar-refractivity contribution in [1.29, 1.82) is 0 Å². The van der Waals surface area contributed by atoms with Crippen molar-refractivity contribution in [2.24, 2.45) is 0 Å². The normalized spacial score (nSPS) is 14.6. The van der Waals surface area contributed by atoms with E-state index in [0.29, 0.717) is 5.52 Å². The minimum Gasteiger partial charge on any atom is -0.506 e.